The molecule has 1 aliphatic heterocycles. The zero-order valence-electron chi connectivity index (χ0n) is 13.2. The second-order valence-corrected chi connectivity index (χ2v) is 5.57. The maximum Gasteiger partial charge on any atom is 0.471 e. The van der Waals surface area contributed by atoms with E-state index in [1.54, 1.807) is 12.1 Å². The van der Waals surface area contributed by atoms with Crippen molar-refractivity contribution in [3.05, 3.63) is 24.3 Å². The molecule has 1 heterocycles. The van der Waals surface area contributed by atoms with Crippen molar-refractivity contribution in [1.29, 1.82) is 0 Å². The van der Waals surface area contributed by atoms with E-state index in [0.717, 1.165) is 31.9 Å². The number of anilines is 2. The van der Waals surface area contributed by atoms with Crippen molar-refractivity contribution in [2.24, 2.45) is 0 Å². The lowest BCUT2D eigenvalue weighted by Gasteiger charge is -2.34. The van der Waals surface area contributed by atoms with Crippen LogP contribution in [0, 0.1) is 0 Å². The molecule has 1 aromatic rings. The van der Waals surface area contributed by atoms with Gasteiger partial charge < -0.3 is 20.4 Å². The van der Waals surface area contributed by atoms with E-state index in [-0.39, 0.29) is 0 Å². The Morgan fingerprint density at radius 2 is 1.67 bits per heavy atom. The highest BCUT2D eigenvalue weighted by molar-refractivity contribution is 5.95. The molecule has 2 amide bonds. The Kier molecular flexibility index (Phi) is 5.66. The van der Waals surface area contributed by atoms with Gasteiger partial charge in [0.15, 0.2) is 0 Å². The number of rotatable bonds is 4. The number of likely N-dealkylation sites (N-methyl/N-ethyl adjacent to an activating group) is 1. The Labute approximate surface area is 137 Å². The van der Waals surface area contributed by atoms with Crippen LogP contribution >= 0.6 is 0 Å². The van der Waals surface area contributed by atoms with E-state index in [2.05, 4.69) is 22.2 Å². The van der Waals surface area contributed by atoms with Gasteiger partial charge in [0, 0.05) is 37.6 Å². The van der Waals surface area contributed by atoms with Gasteiger partial charge in [-0.25, -0.2) is 0 Å². The molecule has 0 aliphatic carbocycles. The number of benzene rings is 1. The van der Waals surface area contributed by atoms with E-state index in [9.17, 15) is 22.8 Å². The first-order valence-electron chi connectivity index (χ1n) is 7.44. The third kappa shape index (κ3) is 5.12. The van der Waals surface area contributed by atoms with Crippen LogP contribution in [0.15, 0.2) is 24.3 Å². The van der Waals surface area contributed by atoms with Gasteiger partial charge >= 0.3 is 12.1 Å². The maximum atomic E-state index is 12.0. The lowest BCUT2D eigenvalue weighted by atomic mass is 10.2. The Bertz CT molecular complexity index is 581. The number of carbonyl (C=O) groups is 2. The molecule has 6 nitrogen and oxygen atoms in total. The summed E-state index contributed by atoms with van der Waals surface area (Å²) in [6.07, 6.45) is -5.00. The van der Waals surface area contributed by atoms with Crippen molar-refractivity contribution in [3.8, 4) is 0 Å². The number of piperazine rings is 1. The Hall–Kier alpha value is -2.29. The van der Waals surface area contributed by atoms with Gasteiger partial charge in [0.25, 0.3) is 0 Å². The average molecular weight is 344 g/mol. The quantitative estimate of drug-likeness (QED) is 0.857. The molecule has 2 rings (SSSR count). The first kappa shape index (κ1) is 18.1. The molecule has 1 aromatic carbocycles. The molecular formula is C15H19F3N4O2. The van der Waals surface area contributed by atoms with E-state index in [1.165, 1.54) is 5.32 Å². The highest BCUT2D eigenvalue weighted by Crippen LogP contribution is 2.19. The van der Waals surface area contributed by atoms with Crippen molar-refractivity contribution < 1.29 is 22.8 Å². The van der Waals surface area contributed by atoms with Crippen LogP contribution < -0.4 is 15.5 Å². The number of carbonyl (C=O) groups excluding carboxylic acids is 2. The number of hydrogen-bond donors (Lipinski definition) is 2. The largest absolute Gasteiger partial charge is 0.471 e. The van der Waals surface area contributed by atoms with E-state index < -0.39 is 24.5 Å². The third-order valence-electron chi connectivity index (χ3n) is 3.69. The van der Waals surface area contributed by atoms with Gasteiger partial charge in [0.2, 0.25) is 5.91 Å². The summed E-state index contributed by atoms with van der Waals surface area (Å²) in [6.45, 7) is 3.02. The summed E-state index contributed by atoms with van der Waals surface area (Å²) in [6, 6.07) is 7.04. The summed E-state index contributed by atoms with van der Waals surface area (Å²) >= 11 is 0. The minimum absolute atomic E-state index is 0.458. The molecule has 0 radical (unpaired) electrons. The van der Waals surface area contributed by atoms with E-state index in [0.29, 0.717) is 5.69 Å². The molecule has 24 heavy (non-hydrogen) atoms. The molecule has 0 unspecified atom stereocenters. The fourth-order valence-electron chi connectivity index (χ4n) is 2.29. The predicted octanol–water partition coefficient (Wildman–Crippen LogP) is 1.06. The number of nitrogens with zero attached hydrogens (tertiary/aromatic N) is 2. The lowest BCUT2D eigenvalue weighted by molar-refractivity contribution is -0.173. The van der Waals surface area contributed by atoms with Crippen molar-refractivity contribution in [1.82, 2.24) is 10.2 Å². The van der Waals surface area contributed by atoms with Crippen molar-refractivity contribution in [2.75, 3.05) is 50.0 Å². The lowest BCUT2D eigenvalue weighted by Crippen LogP contribution is -2.44. The fraction of sp³-hybridized carbons (Fsp3) is 0.467. The number of halogens is 3. The normalized spacial score (nSPS) is 15.9. The Morgan fingerprint density at radius 1 is 1.08 bits per heavy atom. The maximum absolute atomic E-state index is 12.0. The Balaban J connectivity index is 1.83. The molecular weight excluding hydrogens is 325 g/mol. The van der Waals surface area contributed by atoms with Crippen LogP contribution in [-0.2, 0) is 9.59 Å². The number of alkyl halides is 3. The Morgan fingerprint density at radius 3 is 2.21 bits per heavy atom. The molecule has 1 saturated heterocycles. The van der Waals surface area contributed by atoms with Gasteiger partial charge in [-0.2, -0.15) is 13.2 Å². The number of nitrogens with one attached hydrogen (secondary N) is 2. The van der Waals surface area contributed by atoms with Crippen LogP contribution in [0.4, 0.5) is 24.5 Å². The van der Waals surface area contributed by atoms with Gasteiger partial charge in [-0.15, -0.1) is 0 Å². The zero-order chi connectivity index (χ0) is 17.7. The van der Waals surface area contributed by atoms with Crippen molar-refractivity contribution in [3.63, 3.8) is 0 Å². The van der Waals surface area contributed by atoms with E-state index in [4.69, 9.17) is 0 Å². The van der Waals surface area contributed by atoms with Crippen molar-refractivity contribution >= 4 is 23.2 Å². The van der Waals surface area contributed by atoms with Gasteiger partial charge in [-0.05, 0) is 31.3 Å². The van der Waals surface area contributed by atoms with Crippen LogP contribution in [-0.4, -0.2) is 62.7 Å². The molecule has 0 saturated carbocycles. The van der Waals surface area contributed by atoms with Crippen LogP contribution in [0.2, 0.25) is 0 Å². The summed E-state index contributed by atoms with van der Waals surface area (Å²) in [4.78, 5) is 26.7. The molecule has 1 fully saturated rings. The molecule has 0 atom stereocenters. The van der Waals surface area contributed by atoms with Crippen LogP contribution in [0.3, 0.4) is 0 Å². The van der Waals surface area contributed by atoms with Crippen LogP contribution in [0.25, 0.3) is 0 Å². The zero-order valence-corrected chi connectivity index (χ0v) is 13.2. The second kappa shape index (κ2) is 7.52. The molecule has 9 heteroatoms. The van der Waals surface area contributed by atoms with Crippen LogP contribution in [0.1, 0.15) is 0 Å². The van der Waals surface area contributed by atoms with Gasteiger partial charge in [-0.3, -0.25) is 9.59 Å². The topological polar surface area (TPSA) is 64.7 Å². The minimum atomic E-state index is -5.00. The summed E-state index contributed by atoms with van der Waals surface area (Å²) in [5.74, 6) is -2.86. The standard InChI is InChI=1S/C15H19F3N4O2/c1-21-6-8-22(9-7-21)12-4-2-11(3-5-12)20-13(23)10-19-14(24)15(16,17)18/h2-5H,6-10H2,1H3,(H,19,24)(H,20,23). The monoisotopic (exact) mass is 344 g/mol. The van der Waals surface area contributed by atoms with Gasteiger partial charge in [-0.1, -0.05) is 0 Å². The van der Waals surface area contributed by atoms with Gasteiger partial charge in [0.1, 0.15) is 0 Å². The molecule has 2 N–H and O–H groups in total. The summed E-state index contributed by atoms with van der Waals surface area (Å²) in [7, 11) is 2.06. The smallest absolute Gasteiger partial charge is 0.369 e. The number of amides is 2. The summed E-state index contributed by atoms with van der Waals surface area (Å²) in [5.41, 5.74) is 1.48. The summed E-state index contributed by atoms with van der Waals surface area (Å²) < 4.78 is 36.1. The van der Waals surface area contributed by atoms with Crippen LogP contribution in [0.5, 0.6) is 0 Å². The number of hydrogen-bond acceptors (Lipinski definition) is 4. The minimum Gasteiger partial charge on any atom is -0.369 e. The van der Waals surface area contributed by atoms with Gasteiger partial charge in [0.05, 0.1) is 6.54 Å². The van der Waals surface area contributed by atoms with E-state index >= 15 is 0 Å². The highest BCUT2D eigenvalue weighted by atomic mass is 19.4. The predicted molar refractivity (Wildman–Crippen MR) is 83.8 cm³/mol. The molecule has 0 aromatic heterocycles. The SMILES string of the molecule is CN1CCN(c2ccc(NC(=O)CNC(=O)C(F)(F)F)cc2)CC1. The first-order valence-corrected chi connectivity index (χ1v) is 7.44. The first-order chi connectivity index (χ1) is 11.3. The third-order valence-corrected chi connectivity index (χ3v) is 3.69. The molecule has 1 aliphatic rings. The molecule has 0 bridgehead atoms. The molecule has 132 valence electrons. The summed E-state index contributed by atoms with van der Waals surface area (Å²) in [5, 5.41) is 3.96. The highest BCUT2D eigenvalue weighted by Gasteiger charge is 2.38. The average Bonchev–Trinajstić information content (AvgIpc) is 2.53. The second-order valence-electron chi connectivity index (χ2n) is 5.57. The van der Waals surface area contributed by atoms with E-state index in [1.807, 2.05) is 12.1 Å². The molecule has 0 spiro atoms. The van der Waals surface area contributed by atoms with Crippen molar-refractivity contribution in [2.45, 2.75) is 6.18 Å². The fourth-order valence-corrected chi connectivity index (χ4v) is 2.29.